The van der Waals surface area contributed by atoms with Gasteiger partial charge in [-0.3, -0.25) is 4.98 Å². The number of halogens is 5. The van der Waals surface area contributed by atoms with Gasteiger partial charge in [-0.25, -0.2) is 26.9 Å². The van der Waals surface area contributed by atoms with Crippen molar-refractivity contribution in [1.82, 2.24) is 4.98 Å². The molecule has 0 aliphatic carbocycles. The highest BCUT2D eigenvalue weighted by molar-refractivity contribution is 5.73. The molecule has 2 heterocycles. The van der Waals surface area contributed by atoms with Gasteiger partial charge < -0.3 is 10.5 Å². The predicted octanol–water partition coefficient (Wildman–Crippen LogP) is 4.41. The molecular formula is C18H16F5N3O. The van der Waals surface area contributed by atoms with Crippen molar-refractivity contribution >= 4 is 6.02 Å². The first-order valence-corrected chi connectivity index (χ1v) is 8.11. The number of aliphatic imine (C=N–C) groups is 1. The largest absolute Gasteiger partial charge is 0.459 e. The second-order valence-corrected chi connectivity index (χ2v) is 6.17. The Morgan fingerprint density at radius 2 is 1.96 bits per heavy atom. The quantitative estimate of drug-likeness (QED) is 0.793. The van der Waals surface area contributed by atoms with Gasteiger partial charge in [-0.15, -0.1) is 0 Å². The van der Waals surface area contributed by atoms with E-state index in [9.17, 15) is 22.0 Å². The fourth-order valence-electron chi connectivity index (χ4n) is 2.87. The number of hydrogen-bond acceptors (Lipinski definition) is 4. The molecule has 0 saturated heterocycles. The number of pyridine rings is 1. The van der Waals surface area contributed by atoms with Crippen LogP contribution < -0.4 is 5.73 Å². The first-order valence-electron chi connectivity index (χ1n) is 8.11. The van der Waals surface area contributed by atoms with Crippen LogP contribution in [0.1, 0.15) is 30.5 Å². The molecule has 1 aliphatic rings. The summed E-state index contributed by atoms with van der Waals surface area (Å²) in [6.45, 7) is 0.170. The van der Waals surface area contributed by atoms with Crippen molar-refractivity contribution in [3.63, 3.8) is 0 Å². The monoisotopic (exact) mass is 385 g/mol. The second-order valence-electron chi connectivity index (χ2n) is 6.17. The molecule has 0 fully saturated rings. The Morgan fingerprint density at radius 3 is 2.63 bits per heavy atom. The Kier molecular flexibility index (Phi) is 4.79. The number of hydrogen-bond donors (Lipinski definition) is 1. The number of rotatable bonds is 4. The van der Waals surface area contributed by atoms with E-state index in [-0.39, 0.29) is 16.7 Å². The summed E-state index contributed by atoms with van der Waals surface area (Å²) in [6.07, 6.45) is 1.69. The SMILES string of the molecule is CCC(F)(F)c1ccc(-c2cncc(F)c2)cc1C1N=C(N)OCC1(F)F. The Morgan fingerprint density at radius 1 is 1.22 bits per heavy atom. The third kappa shape index (κ3) is 3.72. The molecule has 0 radical (unpaired) electrons. The van der Waals surface area contributed by atoms with Gasteiger partial charge in [-0.2, -0.15) is 0 Å². The van der Waals surface area contributed by atoms with E-state index in [1.165, 1.54) is 19.2 Å². The van der Waals surface area contributed by atoms with Gasteiger partial charge in [-0.05, 0) is 23.3 Å². The van der Waals surface area contributed by atoms with Crippen LogP contribution >= 0.6 is 0 Å². The van der Waals surface area contributed by atoms with Crippen LogP contribution in [-0.4, -0.2) is 23.5 Å². The maximum Gasteiger partial charge on any atom is 0.307 e. The minimum atomic E-state index is -3.54. The van der Waals surface area contributed by atoms with Crippen LogP contribution in [0.2, 0.25) is 0 Å². The van der Waals surface area contributed by atoms with Gasteiger partial charge in [0.05, 0.1) is 6.20 Å². The van der Waals surface area contributed by atoms with Gasteiger partial charge in [0.1, 0.15) is 11.9 Å². The zero-order valence-corrected chi connectivity index (χ0v) is 14.2. The molecular weight excluding hydrogens is 369 g/mol. The molecule has 1 atom stereocenters. The Labute approximate surface area is 151 Å². The maximum absolute atomic E-state index is 14.4. The number of amidine groups is 1. The zero-order valence-electron chi connectivity index (χ0n) is 14.2. The average molecular weight is 385 g/mol. The summed E-state index contributed by atoms with van der Waals surface area (Å²) < 4.78 is 75.6. The van der Waals surface area contributed by atoms with Crippen LogP contribution in [0.15, 0.2) is 41.7 Å². The average Bonchev–Trinajstić information content (AvgIpc) is 2.63. The van der Waals surface area contributed by atoms with Crippen LogP contribution in [0.4, 0.5) is 22.0 Å². The van der Waals surface area contributed by atoms with Crippen LogP contribution in [-0.2, 0) is 10.7 Å². The first-order chi connectivity index (χ1) is 12.6. The van der Waals surface area contributed by atoms with E-state index in [2.05, 4.69) is 14.7 Å². The molecule has 0 amide bonds. The van der Waals surface area contributed by atoms with E-state index < -0.39 is 48.3 Å². The number of aromatic nitrogens is 1. The van der Waals surface area contributed by atoms with Crippen LogP contribution in [0.5, 0.6) is 0 Å². The van der Waals surface area contributed by atoms with Crippen LogP contribution in [0, 0.1) is 5.82 Å². The molecule has 3 rings (SSSR count). The van der Waals surface area contributed by atoms with Gasteiger partial charge in [0.25, 0.3) is 11.9 Å². The van der Waals surface area contributed by atoms with Crippen molar-refractivity contribution in [1.29, 1.82) is 0 Å². The van der Waals surface area contributed by atoms with Crippen molar-refractivity contribution < 1.29 is 26.7 Å². The standard InChI is InChI=1S/C18H16F5N3O/c1-2-17(20,21)14-4-3-10(11-5-12(19)8-25-7-11)6-13(14)15-18(22,23)9-27-16(24)26-15/h3-8,15H,2,9H2,1H3,(H2,24,26). The van der Waals surface area contributed by atoms with Crippen molar-refractivity contribution in [2.75, 3.05) is 6.61 Å². The molecule has 27 heavy (non-hydrogen) atoms. The normalized spacial score (nSPS) is 19.3. The lowest BCUT2D eigenvalue weighted by Crippen LogP contribution is -2.40. The van der Waals surface area contributed by atoms with E-state index in [0.717, 1.165) is 24.4 Å². The maximum atomic E-state index is 14.4. The summed E-state index contributed by atoms with van der Waals surface area (Å²) in [5, 5.41) is 0. The van der Waals surface area contributed by atoms with E-state index in [4.69, 9.17) is 5.73 Å². The predicted molar refractivity (Wildman–Crippen MR) is 89.1 cm³/mol. The zero-order chi connectivity index (χ0) is 19.8. The minimum Gasteiger partial charge on any atom is -0.459 e. The van der Waals surface area contributed by atoms with E-state index in [1.807, 2.05) is 0 Å². The van der Waals surface area contributed by atoms with Crippen LogP contribution in [0.25, 0.3) is 11.1 Å². The van der Waals surface area contributed by atoms with E-state index in [1.54, 1.807) is 0 Å². The van der Waals surface area contributed by atoms with Crippen molar-refractivity contribution in [2.24, 2.45) is 10.7 Å². The lowest BCUT2D eigenvalue weighted by Gasteiger charge is -2.31. The molecule has 2 N–H and O–H groups in total. The Balaban J connectivity index is 2.22. The molecule has 1 unspecified atom stereocenters. The van der Waals surface area contributed by atoms with Gasteiger partial charge >= 0.3 is 5.92 Å². The summed E-state index contributed by atoms with van der Waals surface area (Å²) in [5.74, 6) is -7.54. The minimum absolute atomic E-state index is 0.253. The number of ether oxygens (including phenoxy) is 1. The molecule has 2 aromatic rings. The second kappa shape index (κ2) is 6.79. The number of alkyl halides is 4. The molecule has 1 aromatic heterocycles. The summed E-state index contributed by atoms with van der Waals surface area (Å²) in [7, 11) is 0. The topological polar surface area (TPSA) is 60.5 Å². The molecule has 0 bridgehead atoms. The van der Waals surface area contributed by atoms with E-state index in [0.29, 0.717) is 0 Å². The lowest BCUT2D eigenvalue weighted by molar-refractivity contribution is -0.0802. The number of nitrogens with two attached hydrogens (primary N) is 1. The summed E-state index contributed by atoms with van der Waals surface area (Å²) in [5.41, 5.74) is 4.93. The fourth-order valence-corrected chi connectivity index (χ4v) is 2.87. The Bertz CT molecular complexity index is 885. The van der Waals surface area contributed by atoms with Crippen LogP contribution in [0.3, 0.4) is 0 Å². The molecule has 144 valence electrons. The molecule has 0 saturated carbocycles. The molecule has 1 aromatic carbocycles. The van der Waals surface area contributed by atoms with Gasteiger partial charge in [0.15, 0.2) is 6.61 Å². The van der Waals surface area contributed by atoms with E-state index >= 15 is 0 Å². The third-order valence-corrected chi connectivity index (χ3v) is 4.29. The van der Waals surface area contributed by atoms with Crippen molar-refractivity contribution in [3.05, 3.63) is 53.6 Å². The van der Waals surface area contributed by atoms with Gasteiger partial charge in [0.2, 0.25) is 0 Å². The molecule has 9 heteroatoms. The molecule has 0 spiro atoms. The molecule has 4 nitrogen and oxygen atoms in total. The van der Waals surface area contributed by atoms with Gasteiger partial charge in [-0.1, -0.05) is 19.1 Å². The highest BCUT2D eigenvalue weighted by atomic mass is 19.3. The third-order valence-electron chi connectivity index (χ3n) is 4.29. The first kappa shape index (κ1) is 19.1. The van der Waals surface area contributed by atoms with Crippen molar-refractivity contribution in [3.8, 4) is 11.1 Å². The smallest absolute Gasteiger partial charge is 0.307 e. The summed E-state index contributed by atoms with van der Waals surface area (Å²) in [6, 6.07) is 2.19. The summed E-state index contributed by atoms with van der Waals surface area (Å²) in [4.78, 5) is 7.26. The van der Waals surface area contributed by atoms with Crippen molar-refractivity contribution in [2.45, 2.75) is 31.2 Å². The fraction of sp³-hybridized carbons (Fsp3) is 0.333. The number of benzene rings is 1. The van der Waals surface area contributed by atoms with Gasteiger partial charge in [0, 0.05) is 23.7 Å². The Hall–Kier alpha value is -2.71. The highest BCUT2D eigenvalue weighted by Crippen LogP contribution is 2.45. The highest BCUT2D eigenvalue weighted by Gasteiger charge is 2.48. The summed E-state index contributed by atoms with van der Waals surface area (Å²) >= 11 is 0. The number of nitrogens with zero attached hydrogens (tertiary/aromatic N) is 2. The molecule has 1 aliphatic heterocycles. The lowest BCUT2D eigenvalue weighted by atomic mass is 9.89.